The molecule has 26 heavy (non-hydrogen) atoms. The zero-order chi connectivity index (χ0) is 20.0. The predicted octanol–water partition coefficient (Wildman–Crippen LogP) is 6.46. The number of rotatable bonds is 8. The SMILES string of the molecule is CC(C)(C)CCCCC(C(=O)OOC(C)(C)C)C(C)(C)c1ccccc1. The third kappa shape index (κ3) is 7.90. The van der Waals surface area contributed by atoms with E-state index in [1.54, 1.807) is 0 Å². The molecule has 0 fully saturated rings. The van der Waals surface area contributed by atoms with Crippen LogP contribution in [0.4, 0.5) is 0 Å². The summed E-state index contributed by atoms with van der Waals surface area (Å²) < 4.78 is 0. The van der Waals surface area contributed by atoms with Crippen molar-refractivity contribution in [3.05, 3.63) is 35.9 Å². The molecule has 3 nitrogen and oxygen atoms in total. The van der Waals surface area contributed by atoms with Gasteiger partial charge >= 0.3 is 5.97 Å². The summed E-state index contributed by atoms with van der Waals surface area (Å²) in [6.45, 7) is 16.6. The summed E-state index contributed by atoms with van der Waals surface area (Å²) in [5.74, 6) is -0.517. The Bertz CT molecular complexity index is 547. The molecule has 0 aromatic heterocycles. The predicted molar refractivity (Wildman–Crippen MR) is 108 cm³/mol. The first-order valence-electron chi connectivity index (χ1n) is 9.78. The van der Waals surface area contributed by atoms with Crippen LogP contribution in [0.2, 0.25) is 0 Å². The van der Waals surface area contributed by atoms with Crippen molar-refractivity contribution in [2.45, 2.75) is 92.1 Å². The second kappa shape index (κ2) is 9.03. The van der Waals surface area contributed by atoms with Crippen LogP contribution in [0.5, 0.6) is 0 Å². The molecular formula is C23H38O3. The van der Waals surface area contributed by atoms with E-state index < -0.39 is 5.60 Å². The number of hydrogen-bond acceptors (Lipinski definition) is 3. The Hall–Kier alpha value is -1.35. The van der Waals surface area contributed by atoms with Gasteiger partial charge in [-0.05, 0) is 44.6 Å². The third-order valence-corrected chi connectivity index (χ3v) is 4.72. The molecule has 0 bridgehead atoms. The van der Waals surface area contributed by atoms with Crippen molar-refractivity contribution in [2.75, 3.05) is 0 Å². The summed E-state index contributed by atoms with van der Waals surface area (Å²) >= 11 is 0. The lowest BCUT2D eigenvalue weighted by Gasteiger charge is -2.33. The van der Waals surface area contributed by atoms with Crippen LogP contribution in [-0.4, -0.2) is 11.6 Å². The zero-order valence-corrected chi connectivity index (χ0v) is 18.0. The second-order valence-corrected chi connectivity index (χ2v) is 10.0. The van der Waals surface area contributed by atoms with Gasteiger partial charge in [-0.25, -0.2) is 4.79 Å². The molecule has 0 aliphatic heterocycles. The van der Waals surface area contributed by atoms with Crippen LogP contribution in [0.15, 0.2) is 30.3 Å². The largest absolute Gasteiger partial charge is 0.346 e. The molecule has 0 N–H and O–H groups in total. The highest BCUT2D eigenvalue weighted by Crippen LogP contribution is 2.36. The molecule has 1 atom stereocenters. The molecule has 3 heteroatoms. The maximum Gasteiger partial charge on any atom is 0.346 e. The summed E-state index contributed by atoms with van der Waals surface area (Å²) in [6.07, 6.45) is 4.06. The monoisotopic (exact) mass is 362 g/mol. The third-order valence-electron chi connectivity index (χ3n) is 4.72. The van der Waals surface area contributed by atoms with E-state index in [9.17, 15) is 4.79 Å². The van der Waals surface area contributed by atoms with E-state index in [-0.39, 0.29) is 17.3 Å². The first-order chi connectivity index (χ1) is 11.8. The van der Waals surface area contributed by atoms with E-state index in [2.05, 4.69) is 46.8 Å². The maximum absolute atomic E-state index is 12.9. The van der Waals surface area contributed by atoms with Gasteiger partial charge in [0.05, 0.1) is 5.92 Å². The van der Waals surface area contributed by atoms with Gasteiger partial charge < -0.3 is 0 Å². The summed E-state index contributed by atoms with van der Waals surface area (Å²) in [6, 6.07) is 10.2. The summed E-state index contributed by atoms with van der Waals surface area (Å²) in [5.41, 5.74) is 0.638. The normalized spacial score (nSPS) is 14.2. The molecule has 0 aliphatic carbocycles. The molecule has 0 aliphatic rings. The van der Waals surface area contributed by atoms with Crippen molar-refractivity contribution >= 4 is 5.97 Å². The van der Waals surface area contributed by atoms with Crippen LogP contribution in [0.25, 0.3) is 0 Å². The van der Waals surface area contributed by atoms with Crippen LogP contribution in [-0.2, 0) is 20.0 Å². The van der Waals surface area contributed by atoms with Crippen LogP contribution >= 0.6 is 0 Å². The summed E-state index contributed by atoms with van der Waals surface area (Å²) in [7, 11) is 0. The number of hydrogen-bond donors (Lipinski definition) is 0. The number of unbranched alkanes of at least 4 members (excludes halogenated alkanes) is 1. The van der Waals surface area contributed by atoms with Crippen molar-refractivity contribution in [1.29, 1.82) is 0 Å². The lowest BCUT2D eigenvalue weighted by Crippen LogP contribution is -2.37. The van der Waals surface area contributed by atoms with Gasteiger partial charge in [-0.2, -0.15) is 4.89 Å². The molecule has 148 valence electrons. The lowest BCUT2D eigenvalue weighted by atomic mass is 9.71. The minimum absolute atomic E-state index is 0.243. The fourth-order valence-electron chi connectivity index (χ4n) is 3.07. The van der Waals surface area contributed by atoms with Crippen LogP contribution in [0.1, 0.15) is 86.6 Å². The van der Waals surface area contributed by atoms with Gasteiger partial charge in [0.15, 0.2) is 0 Å². The van der Waals surface area contributed by atoms with Crippen molar-refractivity contribution in [1.82, 2.24) is 0 Å². The van der Waals surface area contributed by atoms with E-state index in [1.807, 2.05) is 39.0 Å². The van der Waals surface area contributed by atoms with Crippen molar-refractivity contribution in [3.63, 3.8) is 0 Å². The number of benzene rings is 1. The average Bonchev–Trinajstić information content (AvgIpc) is 2.51. The minimum Gasteiger partial charge on any atom is -0.297 e. The highest BCUT2D eigenvalue weighted by molar-refractivity contribution is 5.74. The molecule has 0 heterocycles. The Morgan fingerprint density at radius 3 is 2.00 bits per heavy atom. The molecule has 0 radical (unpaired) electrons. The molecule has 0 amide bonds. The molecule has 1 aromatic rings. The fraction of sp³-hybridized carbons (Fsp3) is 0.696. The van der Waals surface area contributed by atoms with Gasteiger partial charge in [0.1, 0.15) is 5.60 Å². The molecular weight excluding hydrogens is 324 g/mol. The Labute approximate surface area is 160 Å². The average molecular weight is 363 g/mol. The zero-order valence-electron chi connectivity index (χ0n) is 18.0. The fourth-order valence-corrected chi connectivity index (χ4v) is 3.07. The Morgan fingerprint density at radius 2 is 1.50 bits per heavy atom. The molecule has 1 aromatic carbocycles. The first-order valence-corrected chi connectivity index (χ1v) is 9.78. The van der Waals surface area contributed by atoms with Crippen LogP contribution in [0.3, 0.4) is 0 Å². The van der Waals surface area contributed by atoms with Crippen LogP contribution < -0.4 is 0 Å². The van der Waals surface area contributed by atoms with E-state index in [4.69, 9.17) is 9.78 Å². The van der Waals surface area contributed by atoms with Crippen molar-refractivity contribution in [2.24, 2.45) is 11.3 Å². The minimum atomic E-state index is -0.511. The summed E-state index contributed by atoms with van der Waals surface area (Å²) in [4.78, 5) is 23.4. The van der Waals surface area contributed by atoms with Gasteiger partial charge in [-0.15, -0.1) is 0 Å². The van der Waals surface area contributed by atoms with Gasteiger partial charge in [-0.3, -0.25) is 4.89 Å². The number of carbonyl (C=O) groups is 1. The molecule has 0 saturated heterocycles. The second-order valence-electron chi connectivity index (χ2n) is 10.0. The molecule has 1 unspecified atom stereocenters. The van der Waals surface area contributed by atoms with E-state index >= 15 is 0 Å². The highest BCUT2D eigenvalue weighted by Gasteiger charge is 2.38. The van der Waals surface area contributed by atoms with E-state index in [0.717, 1.165) is 31.2 Å². The standard InChI is InChI=1S/C23H38O3/c1-21(2,3)17-13-12-16-19(20(24)25-26-22(4,5)6)23(7,8)18-14-10-9-11-15-18/h9-11,14-15,19H,12-13,16-17H2,1-8H3. The number of carbonyl (C=O) groups excluding carboxylic acids is 1. The maximum atomic E-state index is 12.9. The van der Waals surface area contributed by atoms with Gasteiger partial charge in [0, 0.05) is 5.41 Å². The Morgan fingerprint density at radius 1 is 0.923 bits per heavy atom. The molecule has 0 spiro atoms. The van der Waals surface area contributed by atoms with Gasteiger partial charge in [-0.1, -0.05) is 77.8 Å². The molecule has 0 saturated carbocycles. The van der Waals surface area contributed by atoms with Gasteiger partial charge in [0.2, 0.25) is 0 Å². The molecule has 1 rings (SSSR count). The van der Waals surface area contributed by atoms with Gasteiger partial charge in [0.25, 0.3) is 0 Å². The van der Waals surface area contributed by atoms with Crippen molar-refractivity contribution < 1.29 is 14.6 Å². The van der Waals surface area contributed by atoms with E-state index in [0.29, 0.717) is 5.41 Å². The first kappa shape index (κ1) is 22.7. The Kier molecular flexibility index (Phi) is 7.88. The van der Waals surface area contributed by atoms with Crippen molar-refractivity contribution in [3.8, 4) is 0 Å². The highest BCUT2D eigenvalue weighted by atomic mass is 17.2. The summed E-state index contributed by atoms with van der Waals surface area (Å²) in [5, 5.41) is 0. The Balaban J connectivity index is 2.88. The smallest absolute Gasteiger partial charge is 0.297 e. The van der Waals surface area contributed by atoms with Crippen LogP contribution in [0, 0.1) is 11.3 Å². The van der Waals surface area contributed by atoms with E-state index in [1.165, 1.54) is 0 Å². The topological polar surface area (TPSA) is 35.5 Å². The quantitative estimate of drug-likeness (QED) is 0.302. The lowest BCUT2D eigenvalue weighted by molar-refractivity contribution is -0.324.